The van der Waals surface area contributed by atoms with Gasteiger partial charge in [-0.25, -0.2) is 4.79 Å². The van der Waals surface area contributed by atoms with Crippen LogP contribution in [-0.4, -0.2) is 94.7 Å². The molecule has 3 rings (SSSR count). The lowest BCUT2D eigenvalue weighted by molar-refractivity contribution is -0.145. The van der Waals surface area contributed by atoms with Crippen molar-refractivity contribution in [3.63, 3.8) is 0 Å². The zero-order valence-corrected chi connectivity index (χ0v) is 17.6. The first-order valence-corrected chi connectivity index (χ1v) is 10.2. The van der Waals surface area contributed by atoms with E-state index in [0.717, 1.165) is 19.5 Å². The van der Waals surface area contributed by atoms with Crippen molar-refractivity contribution in [2.45, 2.75) is 25.5 Å². The zero-order chi connectivity index (χ0) is 20.6. The van der Waals surface area contributed by atoms with Crippen LogP contribution in [0.3, 0.4) is 0 Å². The van der Waals surface area contributed by atoms with Gasteiger partial charge < -0.3 is 23.7 Å². The molecule has 0 spiro atoms. The minimum atomic E-state index is -0.402. The van der Waals surface area contributed by atoms with Crippen LogP contribution in [0.4, 0.5) is 0 Å². The highest BCUT2D eigenvalue weighted by atomic mass is 16.6. The van der Waals surface area contributed by atoms with Gasteiger partial charge in [0.15, 0.2) is 11.5 Å². The van der Waals surface area contributed by atoms with Crippen molar-refractivity contribution in [2.75, 3.05) is 66.8 Å². The SMILES string of the molecule is CCC1CN(C(CN2CCOCC2)C(=O)Oc2c(OC)cccc2OC)CCO1. The molecule has 1 aromatic carbocycles. The highest BCUT2D eigenvalue weighted by Crippen LogP contribution is 2.37. The van der Waals surface area contributed by atoms with Crippen molar-refractivity contribution in [1.82, 2.24) is 9.80 Å². The summed E-state index contributed by atoms with van der Waals surface area (Å²) in [6.07, 6.45) is 1.04. The Morgan fingerprint density at radius 3 is 2.45 bits per heavy atom. The van der Waals surface area contributed by atoms with Crippen LogP contribution >= 0.6 is 0 Å². The third-order valence-corrected chi connectivity index (χ3v) is 5.46. The van der Waals surface area contributed by atoms with Crippen molar-refractivity contribution in [3.05, 3.63) is 18.2 Å². The van der Waals surface area contributed by atoms with Crippen molar-refractivity contribution in [3.8, 4) is 17.2 Å². The molecule has 8 nitrogen and oxygen atoms in total. The summed E-state index contributed by atoms with van der Waals surface area (Å²) in [7, 11) is 3.09. The Hall–Kier alpha value is -1.87. The number of hydrogen-bond donors (Lipinski definition) is 0. The summed E-state index contributed by atoms with van der Waals surface area (Å²) < 4.78 is 27.9. The van der Waals surface area contributed by atoms with E-state index in [1.165, 1.54) is 0 Å². The molecular weight excluding hydrogens is 376 g/mol. The first-order chi connectivity index (χ1) is 14.2. The van der Waals surface area contributed by atoms with Crippen LogP contribution in [0.15, 0.2) is 18.2 Å². The average molecular weight is 408 g/mol. The Morgan fingerprint density at radius 2 is 1.83 bits per heavy atom. The van der Waals surface area contributed by atoms with E-state index in [-0.39, 0.29) is 12.1 Å². The molecule has 29 heavy (non-hydrogen) atoms. The molecule has 0 saturated carbocycles. The molecular formula is C21H32N2O6. The number of rotatable bonds is 8. The number of para-hydroxylation sites is 1. The zero-order valence-electron chi connectivity index (χ0n) is 17.6. The summed E-state index contributed by atoms with van der Waals surface area (Å²) in [4.78, 5) is 17.8. The number of carbonyl (C=O) groups excluding carboxylic acids is 1. The minimum absolute atomic E-state index is 0.129. The van der Waals surface area contributed by atoms with Gasteiger partial charge in [-0.05, 0) is 18.6 Å². The monoisotopic (exact) mass is 408 g/mol. The molecule has 1 aromatic rings. The number of morpholine rings is 2. The number of nitrogens with zero attached hydrogens (tertiary/aromatic N) is 2. The third kappa shape index (κ3) is 5.60. The Labute approximate surface area is 172 Å². The predicted octanol–water partition coefficient (Wildman–Crippen LogP) is 1.42. The lowest BCUT2D eigenvalue weighted by Crippen LogP contribution is -2.56. The van der Waals surface area contributed by atoms with Gasteiger partial charge in [-0.1, -0.05) is 13.0 Å². The predicted molar refractivity (Wildman–Crippen MR) is 108 cm³/mol. The van der Waals surface area contributed by atoms with Gasteiger partial charge in [0, 0.05) is 32.7 Å². The van der Waals surface area contributed by atoms with E-state index in [2.05, 4.69) is 16.7 Å². The van der Waals surface area contributed by atoms with Crippen LogP contribution in [0.25, 0.3) is 0 Å². The van der Waals surface area contributed by atoms with Gasteiger partial charge in [-0.3, -0.25) is 9.80 Å². The first kappa shape index (κ1) is 21.8. The Balaban J connectivity index is 1.80. The van der Waals surface area contributed by atoms with E-state index in [1.54, 1.807) is 32.4 Å². The maximum Gasteiger partial charge on any atom is 0.330 e. The fourth-order valence-corrected chi connectivity index (χ4v) is 3.73. The summed E-state index contributed by atoms with van der Waals surface area (Å²) >= 11 is 0. The topological polar surface area (TPSA) is 69.7 Å². The van der Waals surface area contributed by atoms with Gasteiger partial charge in [0.05, 0.1) is 40.1 Å². The van der Waals surface area contributed by atoms with Gasteiger partial charge in [-0.15, -0.1) is 0 Å². The van der Waals surface area contributed by atoms with Crippen LogP contribution in [0.5, 0.6) is 17.2 Å². The molecule has 0 amide bonds. The van der Waals surface area contributed by atoms with Crippen LogP contribution < -0.4 is 14.2 Å². The molecule has 2 unspecified atom stereocenters. The lowest BCUT2D eigenvalue weighted by atomic mass is 10.1. The van der Waals surface area contributed by atoms with E-state index in [9.17, 15) is 4.79 Å². The van der Waals surface area contributed by atoms with E-state index >= 15 is 0 Å². The lowest BCUT2D eigenvalue weighted by Gasteiger charge is -2.39. The molecule has 0 aliphatic carbocycles. The fourth-order valence-electron chi connectivity index (χ4n) is 3.73. The number of methoxy groups -OCH3 is 2. The molecule has 0 radical (unpaired) electrons. The quantitative estimate of drug-likeness (QED) is 0.473. The van der Waals surface area contributed by atoms with E-state index < -0.39 is 6.04 Å². The Kier molecular flexibility index (Phi) is 8.11. The number of esters is 1. The van der Waals surface area contributed by atoms with Gasteiger partial charge >= 0.3 is 5.97 Å². The highest BCUT2D eigenvalue weighted by molar-refractivity contribution is 5.80. The summed E-state index contributed by atoms with van der Waals surface area (Å²) in [6.45, 7) is 7.70. The molecule has 0 aromatic heterocycles. The van der Waals surface area contributed by atoms with Crippen molar-refractivity contribution in [2.24, 2.45) is 0 Å². The second kappa shape index (κ2) is 10.8. The van der Waals surface area contributed by atoms with Crippen molar-refractivity contribution >= 4 is 5.97 Å². The second-order valence-corrected chi connectivity index (χ2v) is 7.24. The molecule has 162 valence electrons. The molecule has 2 aliphatic rings. The Morgan fingerprint density at radius 1 is 1.14 bits per heavy atom. The second-order valence-electron chi connectivity index (χ2n) is 7.24. The molecule has 8 heteroatoms. The minimum Gasteiger partial charge on any atom is -0.493 e. The normalized spacial score (nSPS) is 22.1. The molecule has 2 heterocycles. The standard InChI is InChI=1S/C21H32N2O6/c1-4-16-14-23(10-13-28-16)17(15-22-8-11-27-12-9-22)21(24)29-20-18(25-2)6-5-7-19(20)26-3/h5-7,16-17H,4,8-15H2,1-3H3. The van der Waals surface area contributed by atoms with Crippen LogP contribution in [0.2, 0.25) is 0 Å². The molecule has 2 saturated heterocycles. The van der Waals surface area contributed by atoms with Crippen molar-refractivity contribution < 1.29 is 28.5 Å². The number of ether oxygens (including phenoxy) is 5. The van der Waals surface area contributed by atoms with E-state index in [4.69, 9.17) is 23.7 Å². The number of benzene rings is 1. The molecule has 2 aliphatic heterocycles. The van der Waals surface area contributed by atoms with Gasteiger partial charge in [0.1, 0.15) is 6.04 Å². The van der Waals surface area contributed by atoms with Gasteiger partial charge in [-0.2, -0.15) is 0 Å². The molecule has 0 N–H and O–H groups in total. The summed E-state index contributed by atoms with van der Waals surface area (Å²) in [5.41, 5.74) is 0. The maximum atomic E-state index is 13.3. The molecule has 2 fully saturated rings. The number of carbonyl (C=O) groups is 1. The first-order valence-electron chi connectivity index (χ1n) is 10.2. The highest BCUT2D eigenvalue weighted by Gasteiger charge is 2.34. The molecule has 2 atom stereocenters. The summed E-state index contributed by atoms with van der Waals surface area (Å²) in [5.74, 6) is 0.943. The molecule has 0 bridgehead atoms. The van der Waals surface area contributed by atoms with E-state index in [1.807, 2.05) is 0 Å². The van der Waals surface area contributed by atoms with Crippen LogP contribution in [0.1, 0.15) is 13.3 Å². The summed E-state index contributed by atoms with van der Waals surface area (Å²) in [5, 5.41) is 0. The van der Waals surface area contributed by atoms with Crippen LogP contribution in [0, 0.1) is 0 Å². The smallest absolute Gasteiger partial charge is 0.330 e. The fraction of sp³-hybridized carbons (Fsp3) is 0.667. The largest absolute Gasteiger partial charge is 0.493 e. The summed E-state index contributed by atoms with van der Waals surface area (Å²) in [6, 6.07) is 4.91. The maximum absolute atomic E-state index is 13.3. The third-order valence-electron chi connectivity index (χ3n) is 5.46. The van der Waals surface area contributed by atoms with Crippen LogP contribution in [-0.2, 0) is 14.3 Å². The average Bonchev–Trinajstić information content (AvgIpc) is 2.78. The van der Waals surface area contributed by atoms with Crippen molar-refractivity contribution in [1.29, 1.82) is 0 Å². The Bertz CT molecular complexity index is 642. The van der Waals surface area contributed by atoms with E-state index in [0.29, 0.717) is 56.7 Å². The van der Waals surface area contributed by atoms with Gasteiger partial charge in [0.2, 0.25) is 5.75 Å². The number of hydrogen-bond acceptors (Lipinski definition) is 8. The van der Waals surface area contributed by atoms with Gasteiger partial charge in [0.25, 0.3) is 0 Å².